The van der Waals surface area contributed by atoms with E-state index in [0.717, 1.165) is 11.3 Å². The highest BCUT2D eigenvalue weighted by Gasteiger charge is 2.22. The number of carboxylic acids is 1. The molecule has 0 saturated carbocycles. The number of likely N-dealkylation sites (N-methyl/N-ethyl adjacent to an activating group) is 1. The lowest BCUT2D eigenvalue weighted by Gasteiger charge is -2.28. The summed E-state index contributed by atoms with van der Waals surface area (Å²) in [4.78, 5) is 14.9. The summed E-state index contributed by atoms with van der Waals surface area (Å²) >= 11 is 0. The molecule has 2 atom stereocenters. The molecule has 0 fully saturated rings. The fourth-order valence-corrected chi connectivity index (χ4v) is 1.80. The summed E-state index contributed by atoms with van der Waals surface area (Å²) in [6.45, 7) is 3.72. The first-order chi connectivity index (χ1) is 8.34. The topological polar surface area (TPSA) is 43.8 Å². The van der Waals surface area contributed by atoms with Crippen LogP contribution in [0.4, 0.5) is 5.69 Å². The summed E-state index contributed by atoms with van der Waals surface area (Å²) in [5.41, 5.74) is 2.26. The molecule has 0 saturated heterocycles. The van der Waals surface area contributed by atoms with Crippen molar-refractivity contribution >= 4 is 11.7 Å². The van der Waals surface area contributed by atoms with Crippen LogP contribution in [0.5, 0.6) is 0 Å². The molecule has 0 aliphatic carbocycles. The van der Waals surface area contributed by atoms with Gasteiger partial charge in [0.2, 0.25) is 0 Å². The second-order valence-electron chi connectivity index (χ2n) is 4.84. The molecule has 2 unspecified atom stereocenters. The van der Waals surface area contributed by atoms with Gasteiger partial charge in [0.05, 0.1) is 0 Å². The summed E-state index contributed by atoms with van der Waals surface area (Å²) in [6.07, 6.45) is 0. The molecular formula is C14H22N2O2. The minimum absolute atomic E-state index is 0.0762. The SMILES string of the molecule is CC(C(=O)O)N(C)C(C)c1ccc(N(C)C)cc1. The smallest absolute Gasteiger partial charge is 0.320 e. The first-order valence-corrected chi connectivity index (χ1v) is 6.06. The molecule has 0 spiro atoms. The quantitative estimate of drug-likeness (QED) is 0.870. The van der Waals surface area contributed by atoms with E-state index >= 15 is 0 Å². The minimum Gasteiger partial charge on any atom is -0.480 e. The molecule has 0 radical (unpaired) electrons. The van der Waals surface area contributed by atoms with Crippen LogP contribution in [0.1, 0.15) is 25.5 Å². The fraction of sp³-hybridized carbons (Fsp3) is 0.500. The molecule has 0 bridgehead atoms. The van der Waals surface area contributed by atoms with Gasteiger partial charge in [-0.3, -0.25) is 9.69 Å². The molecular weight excluding hydrogens is 228 g/mol. The summed E-state index contributed by atoms with van der Waals surface area (Å²) in [6, 6.07) is 7.77. The maximum absolute atomic E-state index is 11.0. The first kappa shape index (κ1) is 14.5. The van der Waals surface area contributed by atoms with Crippen LogP contribution >= 0.6 is 0 Å². The molecule has 18 heavy (non-hydrogen) atoms. The largest absolute Gasteiger partial charge is 0.480 e. The summed E-state index contributed by atoms with van der Waals surface area (Å²) in [5, 5.41) is 9.02. The van der Waals surface area contributed by atoms with Gasteiger partial charge in [-0.15, -0.1) is 0 Å². The number of anilines is 1. The van der Waals surface area contributed by atoms with Crippen molar-refractivity contribution in [1.82, 2.24) is 4.90 Å². The highest BCUT2D eigenvalue weighted by atomic mass is 16.4. The van der Waals surface area contributed by atoms with Gasteiger partial charge < -0.3 is 10.0 Å². The Bertz CT molecular complexity index is 401. The maximum atomic E-state index is 11.0. The molecule has 1 aromatic rings. The monoisotopic (exact) mass is 250 g/mol. The highest BCUT2D eigenvalue weighted by Crippen LogP contribution is 2.23. The van der Waals surface area contributed by atoms with Crippen LogP contribution in [0, 0.1) is 0 Å². The Kier molecular flexibility index (Phi) is 4.73. The zero-order valence-corrected chi connectivity index (χ0v) is 11.7. The van der Waals surface area contributed by atoms with Crippen molar-refractivity contribution < 1.29 is 9.90 Å². The third-order valence-corrected chi connectivity index (χ3v) is 3.47. The number of hydrogen-bond donors (Lipinski definition) is 1. The van der Waals surface area contributed by atoms with Gasteiger partial charge in [-0.1, -0.05) is 12.1 Å². The third-order valence-electron chi connectivity index (χ3n) is 3.47. The Morgan fingerprint density at radius 1 is 1.11 bits per heavy atom. The van der Waals surface area contributed by atoms with Crippen LogP contribution in [-0.2, 0) is 4.79 Å². The number of hydrogen-bond acceptors (Lipinski definition) is 3. The van der Waals surface area contributed by atoms with Crippen LogP contribution in [0.15, 0.2) is 24.3 Å². The summed E-state index contributed by atoms with van der Waals surface area (Å²) in [7, 11) is 5.83. The van der Waals surface area contributed by atoms with Gasteiger partial charge in [-0.25, -0.2) is 0 Å². The fourth-order valence-electron chi connectivity index (χ4n) is 1.80. The zero-order chi connectivity index (χ0) is 13.9. The molecule has 0 heterocycles. The van der Waals surface area contributed by atoms with E-state index < -0.39 is 12.0 Å². The Morgan fingerprint density at radius 3 is 2.00 bits per heavy atom. The number of carbonyl (C=O) groups is 1. The van der Waals surface area contributed by atoms with Crippen molar-refractivity contribution in [1.29, 1.82) is 0 Å². The molecule has 1 N–H and O–H groups in total. The predicted molar refractivity (Wildman–Crippen MR) is 74.0 cm³/mol. The van der Waals surface area contributed by atoms with Gasteiger partial charge in [0.25, 0.3) is 0 Å². The maximum Gasteiger partial charge on any atom is 0.320 e. The van der Waals surface area contributed by atoms with E-state index in [4.69, 9.17) is 5.11 Å². The van der Waals surface area contributed by atoms with E-state index in [0.29, 0.717) is 0 Å². The highest BCUT2D eigenvalue weighted by molar-refractivity contribution is 5.72. The van der Waals surface area contributed by atoms with Crippen molar-refractivity contribution in [2.75, 3.05) is 26.0 Å². The summed E-state index contributed by atoms with van der Waals surface area (Å²) in [5.74, 6) is -0.797. The van der Waals surface area contributed by atoms with E-state index in [1.54, 1.807) is 6.92 Å². The Hall–Kier alpha value is -1.55. The number of rotatable bonds is 5. The molecule has 4 heteroatoms. The Labute approximate surface area is 109 Å². The van der Waals surface area contributed by atoms with E-state index in [-0.39, 0.29) is 6.04 Å². The van der Waals surface area contributed by atoms with Crippen LogP contribution in [0.25, 0.3) is 0 Å². The van der Waals surface area contributed by atoms with Crippen LogP contribution in [0.2, 0.25) is 0 Å². The number of nitrogens with zero attached hydrogens (tertiary/aromatic N) is 2. The van der Waals surface area contributed by atoms with Gasteiger partial charge in [-0.2, -0.15) is 0 Å². The first-order valence-electron chi connectivity index (χ1n) is 6.06. The molecule has 0 aromatic heterocycles. The van der Waals surface area contributed by atoms with E-state index in [1.807, 2.05) is 62.1 Å². The lowest BCUT2D eigenvalue weighted by molar-refractivity contribution is -0.142. The Balaban J connectivity index is 2.83. The number of benzene rings is 1. The molecule has 0 aliphatic rings. The minimum atomic E-state index is -0.797. The van der Waals surface area contributed by atoms with Crippen molar-refractivity contribution in [3.05, 3.63) is 29.8 Å². The normalized spacial score (nSPS) is 14.3. The van der Waals surface area contributed by atoms with Gasteiger partial charge >= 0.3 is 5.97 Å². The average molecular weight is 250 g/mol. The van der Waals surface area contributed by atoms with E-state index in [9.17, 15) is 4.79 Å². The summed E-state index contributed by atoms with van der Waals surface area (Å²) < 4.78 is 0. The van der Waals surface area contributed by atoms with Crippen molar-refractivity contribution in [2.45, 2.75) is 25.9 Å². The molecule has 1 rings (SSSR count). The van der Waals surface area contributed by atoms with Crippen molar-refractivity contribution in [3.8, 4) is 0 Å². The van der Waals surface area contributed by atoms with Gasteiger partial charge in [-0.05, 0) is 38.6 Å². The second kappa shape index (κ2) is 5.87. The second-order valence-corrected chi connectivity index (χ2v) is 4.84. The van der Waals surface area contributed by atoms with Crippen LogP contribution in [-0.4, -0.2) is 43.2 Å². The number of aliphatic carboxylic acids is 1. The molecule has 0 aliphatic heterocycles. The van der Waals surface area contributed by atoms with Gasteiger partial charge in [0, 0.05) is 25.8 Å². The standard InChI is InChI=1S/C14H22N2O2/c1-10(16(5)11(2)14(17)18)12-6-8-13(9-7-12)15(3)4/h6-11H,1-5H3,(H,17,18). The van der Waals surface area contributed by atoms with E-state index in [2.05, 4.69) is 0 Å². The van der Waals surface area contributed by atoms with Crippen molar-refractivity contribution in [3.63, 3.8) is 0 Å². The van der Waals surface area contributed by atoms with Gasteiger partial charge in [0.15, 0.2) is 0 Å². The third kappa shape index (κ3) is 3.23. The zero-order valence-electron chi connectivity index (χ0n) is 11.7. The van der Waals surface area contributed by atoms with Crippen LogP contribution < -0.4 is 4.90 Å². The van der Waals surface area contributed by atoms with Crippen molar-refractivity contribution in [2.24, 2.45) is 0 Å². The molecule has 1 aromatic carbocycles. The average Bonchev–Trinajstić information content (AvgIpc) is 2.36. The molecule has 100 valence electrons. The Morgan fingerprint density at radius 2 is 1.61 bits per heavy atom. The van der Waals surface area contributed by atoms with Gasteiger partial charge in [0.1, 0.15) is 6.04 Å². The predicted octanol–water partition coefficient (Wildman–Crippen LogP) is 2.22. The van der Waals surface area contributed by atoms with E-state index in [1.165, 1.54) is 0 Å². The molecule has 0 amide bonds. The lowest BCUT2D eigenvalue weighted by atomic mass is 10.1. The molecule has 4 nitrogen and oxygen atoms in total. The number of carboxylic acid groups (broad SMARTS) is 1. The van der Waals surface area contributed by atoms with Crippen LogP contribution in [0.3, 0.4) is 0 Å². The lowest BCUT2D eigenvalue weighted by Crippen LogP contribution is -2.37.